The zero-order valence-electron chi connectivity index (χ0n) is 25.5. The summed E-state index contributed by atoms with van der Waals surface area (Å²) in [5, 5.41) is 8.19. The molecule has 0 saturated heterocycles. The van der Waals surface area contributed by atoms with Crippen LogP contribution < -0.4 is 30.2 Å². The van der Waals surface area contributed by atoms with Gasteiger partial charge in [0.05, 0.1) is 26.6 Å². The maximum atomic E-state index is 13.6. The minimum Gasteiger partial charge on any atom is -0.497 e. The van der Waals surface area contributed by atoms with Crippen molar-refractivity contribution in [3.63, 3.8) is 0 Å². The average Bonchev–Trinajstić information content (AvgIpc) is 3.07. The van der Waals surface area contributed by atoms with E-state index in [0.717, 1.165) is 4.90 Å². The summed E-state index contributed by atoms with van der Waals surface area (Å²) in [6.45, 7) is 1.94. The topological polar surface area (TPSA) is 115 Å². The third-order valence-corrected chi connectivity index (χ3v) is 8.00. The van der Waals surface area contributed by atoms with Gasteiger partial charge in [-0.2, -0.15) is 0 Å². The van der Waals surface area contributed by atoms with Crippen LogP contribution in [-0.4, -0.2) is 44.3 Å². The van der Waals surface area contributed by atoms with Gasteiger partial charge in [0.1, 0.15) is 11.4 Å². The van der Waals surface area contributed by atoms with Gasteiger partial charge in [-0.15, -0.1) is 11.8 Å². The molecule has 4 aromatic rings. The van der Waals surface area contributed by atoms with Crippen LogP contribution in [0.5, 0.6) is 17.2 Å². The zero-order valence-corrected chi connectivity index (χ0v) is 26.3. The zero-order chi connectivity index (χ0) is 32.2. The quantitative estimate of drug-likeness (QED) is 0.113. The van der Waals surface area contributed by atoms with E-state index in [1.807, 2.05) is 13.0 Å². The Hall–Kier alpha value is -5.22. The molecular weight excluding hydrogens is 590 g/mol. The first-order valence-electron chi connectivity index (χ1n) is 14.2. The van der Waals surface area contributed by atoms with Crippen LogP contribution in [0.25, 0.3) is 6.08 Å². The summed E-state index contributed by atoms with van der Waals surface area (Å²) in [6.07, 6.45) is 2.15. The molecule has 0 aliphatic carbocycles. The van der Waals surface area contributed by atoms with E-state index in [1.165, 1.54) is 26.0 Å². The van der Waals surface area contributed by atoms with Gasteiger partial charge < -0.3 is 30.2 Å². The monoisotopic (exact) mass is 625 g/mol. The highest BCUT2D eigenvalue weighted by Crippen LogP contribution is 2.30. The molecule has 10 heteroatoms. The molecule has 0 fully saturated rings. The van der Waals surface area contributed by atoms with Gasteiger partial charge in [-0.1, -0.05) is 37.3 Å². The Balaban J connectivity index is 1.52. The average molecular weight is 626 g/mol. The third-order valence-electron chi connectivity index (χ3n) is 6.64. The lowest BCUT2D eigenvalue weighted by Gasteiger charge is -2.16. The number of carbonyl (C=O) groups is 3. The summed E-state index contributed by atoms with van der Waals surface area (Å²) in [7, 11) is 4.64. The van der Waals surface area contributed by atoms with Crippen LogP contribution in [0.1, 0.15) is 29.3 Å². The molecule has 0 saturated carbocycles. The second-order valence-electron chi connectivity index (χ2n) is 9.71. The highest BCUT2D eigenvalue weighted by Gasteiger charge is 2.20. The van der Waals surface area contributed by atoms with E-state index >= 15 is 0 Å². The fourth-order valence-corrected chi connectivity index (χ4v) is 5.29. The molecule has 0 heterocycles. The highest BCUT2D eigenvalue weighted by atomic mass is 32.2. The van der Waals surface area contributed by atoms with Gasteiger partial charge in [0.25, 0.3) is 11.8 Å². The van der Waals surface area contributed by atoms with Crippen LogP contribution >= 0.6 is 11.8 Å². The normalized spacial score (nSPS) is 11.6. The molecule has 0 aliphatic rings. The van der Waals surface area contributed by atoms with E-state index in [2.05, 4.69) is 16.0 Å². The molecule has 3 amide bonds. The van der Waals surface area contributed by atoms with E-state index < -0.39 is 11.8 Å². The summed E-state index contributed by atoms with van der Waals surface area (Å²) in [5.41, 5.74) is 2.22. The second kappa shape index (κ2) is 16.0. The Kier molecular flexibility index (Phi) is 11.6. The predicted octanol–water partition coefficient (Wildman–Crippen LogP) is 6.63. The Morgan fingerprint density at radius 2 is 1.49 bits per heavy atom. The Morgan fingerprint density at radius 3 is 2.16 bits per heavy atom. The Labute approximate surface area is 267 Å². The molecule has 0 spiro atoms. The maximum Gasteiger partial charge on any atom is 0.272 e. The summed E-state index contributed by atoms with van der Waals surface area (Å²) in [5.74, 6) is 0.620. The fourth-order valence-electron chi connectivity index (χ4n) is 4.28. The standard InChI is InChI=1S/C35H35N3O6S/c1-5-32(35(41)36-25-15-17-27(42-2)18-16-25)45-28-13-9-12-26(22-28)37-34(40)29(38-33(39)24-10-7-6-8-11-24)20-23-14-19-30(43-3)31(21-23)44-4/h6-22,32H,5H2,1-4H3,(H,36,41)(H,37,40)(H,38,39)/b29-20+. The third kappa shape index (κ3) is 9.14. The molecule has 0 aliphatic heterocycles. The van der Waals surface area contributed by atoms with Crippen molar-refractivity contribution >= 4 is 46.9 Å². The molecule has 1 unspecified atom stereocenters. The first kappa shape index (κ1) is 32.7. The molecule has 0 aromatic heterocycles. The molecule has 4 aromatic carbocycles. The minimum atomic E-state index is -0.527. The van der Waals surface area contributed by atoms with Crippen molar-refractivity contribution in [2.24, 2.45) is 0 Å². The molecule has 1 atom stereocenters. The number of thioether (sulfide) groups is 1. The van der Waals surface area contributed by atoms with Crippen molar-refractivity contribution < 1.29 is 28.6 Å². The number of amides is 3. The number of nitrogens with one attached hydrogen (secondary N) is 3. The number of benzene rings is 4. The van der Waals surface area contributed by atoms with Crippen LogP contribution in [-0.2, 0) is 9.59 Å². The van der Waals surface area contributed by atoms with E-state index in [-0.39, 0.29) is 16.9 Å². The molecular formula is C35H35N3O6S. The molecule has 232 valence electrons. The number of hydrogen-bond donors (Lipinski definition) is 3. The lowest BCUT2D eigenvalue weighted by Crippen LogP contribution is -2.30. The molecule has 0 bridgehead atoms. The van der Waals surface area contributed by atoms with Crippen LogP contribution in [0.3, 0.4) is 0 Å². The predicted molar refractivity (Wildman–Crippen MR) is 178 cm³/mol. The number of methoxy groups -OCH3 is 3. The largest absolute Gasteiger partial charge is 0.497 e. The molecule has 3 N–H and O–H groups in total. The van der Waals surface area contributed by atoms with E-state index in [1.54, 1.807) is 104 Å². The van der Waals surface area contributed by atoms with Gasteiger partial charge in [0.15, 0.2) is 11.5 Å². The SMILES string of the molecule is CCC(Sc1cccc(NC(=O)/C(=C\c2ccc(OC)c(OC)c2)NC(=O)c2ccccc2)c1)C(=O)Nc1ccc(OC)cc1. The molecule has 9 nitrogen and oxygen atoms in total. The number of hydrogen-bond acceptors (Lipinski definition) is 7. The molecule has 4 rings (SSSR count). The van der Waals surface area contributed by atoms with Gasteiger partial charge in [0.2, 0.25) is 5.91 Å². The van der Waals surface area contributed by atoms with Crippen molar-refractivity contribution in [2.45, 2.75) is 23.5 Å². The van der Waals surface area contributed by atoms with Crippen LogP contribution in [0, 0.1) is 0 Å². The van der Waals surface area contributed by atoms with Crippen molar-refractivity contribution in [3.8, 4) is 17.2 Å². The number of ether oxygens (including phenoxy) is 3. The summed E-state index contributed by atoms with van der Waals surface area (Å²) in [4.78, 5) is 40.4. The van der Waals surface area contributed by atoms with E-state index in [4.69, 9.17) is 14.2 Å². The lowest BCUT2D eigenvalue weighted by molar-refractivity contribution is -0.116. The number of carbonyl (C=O) groups excluding carboxylic acids is 3. The fraction of sp³-hybridized carbons (Fsp3) is 0.171. The first-order chi connectivity index (χ1) is 21.8. The summed E-state index contributed by atoms with van der Waals surface area (Å²) >= 11 is 1.39. The van der Waals surface area contributed by atoms with Crippen molar-refractivity contribution in [1.82, 2.24) is 5.32 Å². The van der Waals surface area contributed by atoms with Crippen molar-refractivity contribution in [1.29, 1.82) is 0 Å². The van der Waals surface area contributed by atoms with Gasteiger partial charge in [-0.25, -0.2) is 0 Å². The lowest BCUT2D eigenvalue weighted by atomic mass is 10.1. The maximum absolute atomic E-state index is 13.6. The Bertz CT molecular complexity index is 1660. The van der Waals surface area contributed by atoms with Crippen LogP contribution in [0.15, 0.2) is 108 Å². The Morgan fingerprint density at radius 1 is 0.756 bits per heavy atom. The van der Waals surface area contributed by atoms with Crippen LogP contribution in [0.4, 0.5) is 11.4 Å². The molecule has 0 radical (unpaired) electrons. The van der Waals surface area contributed by atoms with Gasteiger partial charge in [-0.05, 0) is 84.8 Å². The number of rotatable bonds is 13. The van der Waals surface area contributed by atoms with Crippen molar-refractivity contribution in [3.05, 3.63) is 114 Å². The molecule has 45 heavy (non-hydrogen) atoms. The second-order valence-corrected chi connectivity index (χ2v) is 11.0. The minimum absolute atomic E-state index is 0.0273. The van der Waals surface area contributed by atoms with Gasteiger partial charge >= 0.3 is 0 Å². The number of anilines is 2. The first-order valence-corrected chi connectivity index (χ1v) is 15.0. The summed E-state index contributed by atoms with van der Waals surface area (Å²) < 4.78 is 15.9. The van der Waals surface area contributed by atoms with Gasteiger partial charge in [-0.3, -0.25) is 14.4 Å². The van der Waals surface area contributed by atoms with Gasteiger partial charge in [0, 0.05) is 21.8 Å². The van der Waals surface area contributed by atoms with E-state index in [0.29, 0.717) is 46.2 Å². The van der Waals surface area contributed by atoms with E-state index in [9.17, 15) is 14.4 Å². The smallest absolute Gasteiger partial charge is 0.272 e. The highest BCUT2D eigenvalue weighted by molar-refractivity contribution is 8.00. The van der Waals surface area contributed by atoms with Crippen molar-refractivity contribution in [2.75, 3.05) is 32.0 Å². The summed E-state index contributed by atoms with van der Waals surface area (Å²) in [6, 6.07) is 28.2. The van der Waals surface area contributed by atoms with Crippen LogP contribution in [0.2, 0.25) is 0 Å².